The van der Waals surface area contributed by atoms with Gasteiger partial charge in [-0.1, -0.05) is 23.7 Å². The maximum Gasteiger partial charge on any atom is 0.225 e. The second kappa shape index (κ2) is 11.1. The largest absolute Gasteiger partial charge is 0.362 e. The summed E-state index contributed by atoms with van der Waals surface area (Å²) >= 11 is 5.89. The van der Waals surface area contributed by atoms with Gasteiger partial charge in [-0.05, 0) is 82.0 Å². The number of sulfone groups is 1. The minimum absolute atomic E-state index is 0.327. The van der Waals surface area contributed by atoms with Crippen LogP contribution < -0.4 is 15.5 Å². The Morgan fingerprint density at radius 1 is 1.00 bits per heavy atom. The third-order valence-corrected chi connectivity index (χ3v) is 9.20. The van der Waals surface area contributed by atoms with Crippen LogP contribution in [0, 0.1) is 0 Å². The summed E-state index contributed by atoms with van der Waals surface area (Å²) in [5.41, 5.74) is 0.937. The second-order valence-corrected chi connectivity index (χ2v) is 12.3. The van der Waals surface area contributed by atoms with E-state index in [2.05, 4.69) is 10.6 Å². The van der Waals surface area contributed by atoms with E-state index >= 15 is 0 Å². The number of benzene rings is 2. The molecule has 0 radical (unpaired) electrons. The average molecular weight is 516 g/mol. The topological polar surface area (TPSA) is 87.2 Å². The molecule has 1 saturated carbocycles. The summed E-state index contributed by atoms with van der Waals surface area (Å²) in [6, 6.07) is 15.2. The highest BCUT2D eigenvalue weighted by Gasteiger charge is 2.25. The van der Waals surface area contributed by atoms with Gasteiger partial charge in [0, 0.05) is 36.6 Å². The number of hydrogen-bond acceptors (Lipinski definition) is 7. The van der Waals surface area contributed by atoms with E-state index < -0.39 is 15.1 Å². The van der Waals surface area contributed by atoms with Crippen molar-refractivity contribution in [3.63, 3.8) is 0 Å². The lowest BCUT2D eigenvalue weighted by Gasteiger charge is -2.30. The standard InChI is InChI=1S/C26H34ClN5O2S/c1-18(35(33,34)22-14-8-19(27)9-15-22)16-17-28-20-10-12-21(13-11-20)29-26-30-24-7-5-4-6-23(24)25(31-26)32(2)3/h4-9,14-15,18,20-21,28H,10-13,16-17H2,1-3H3,(H,29,30,31)/t18?,20-,21+. The SMILES string of the molecule is CC(CCN[C@H]1CC[C@@H](Nc2nc(N(C)C)c3ccccc3n2)CC1)S(=O)(=O)c1ccc(Cl)cc1. The van der Waals surface area contributed by atoms with Crippen molar-refractivity contribution in [2.45, 2.75) is 61.3 Å². The van der Waals surface area contributed by atoms with Crippen LogP contribution in [0.2, 0.25) is 5.02 Å². The van der Waals surface area contributed by atoms with Gasteiger partial charge in [0.1, 0.15) is 5.82 Å². The molecule has 1 aliphatic rings. The fraction of sp³-hybridized carbons (Fsp3) is 0.462. The predicted molar refractivity (Wildman–Crippen MR) is 144 cm³/mol. The molecule has 0 spiro atoms. The van der Waals surface area contributed by atoms with Crippen LogP contribution in [-0.2, 0) is 9.84 Å². The van der Waals surface area contributed by atoms with Crippen LogP contribution in [0.3, 0.4) is 0 Å². The van der Waals surface area contributed by atoms with Gasteiger partial charge < -0.3 is 15.5 Å². The van der Waals surface area contributed by atoms with Crippen molar-refractivity contribution in [2.24, 2.45) is 0 Å². The summed E-state index contributed by atoms with van der Waals surface area (Å²) in [4.78, 5) is 11.8. The van der Waals surface area contributed by atoms with Gasteiger partial charge in [-0.2, -0.15) is 4.98 Å². The summed E-state index contributed by atoms with van der Waals surface area (Å²) < 4.78 is 25.6. The maximum atomic E-state index is 12.8. The first-order chi connectivity index (χ1) is 16.7. The summed E-state index contributed by atoms with van der Waals surface area (Å²) in [5, 5.41) is 8.23. The lowest BCUT2D eigenvalue weighted by atomic mass is 9.91. The zero-order valence-corrected chi connectivity index (χ0v) is 22.1. The van der Waals surface area contributed by atoms with Crippen molar-refractivity contribution in [2.75, 3.05) is 30.9 Å². The van der Waals surface area contributed by atoms with E-state index in [-0.39, 0.29) is 0 Å². The molecule has 1 atom stereocenters. The molecule has 1 unspecified atom stereocenters. The monoisotopic (exact) mass is 515 g/mol. The Bertz CT molecular complexity index is 1240. The van der Waals surface area contributed by atoms with Crippen LogP contribution in [0.4, 0.5) is 11.8 Å². The predicted octanol–water partition coefficient (Wildman–Crippen LogP) is 4.91. The minimum Gasteiger partial charge on any atom is -0.362 e. The van der Waals surface area contributed by atoms with Crippen LogP contribution in [0.15, 0.2) is 53.4 Å². The number of halogens is 1. The number of fused-ring (bicyclic) bond motifs is 1. The van der Waals surface area contributed by atoms with E-state index in [0.717, 1.165) is 42.4 Å². The quantitative estimate of drug-likeness (QED) is 0.418. The normalized spacial score (nSPS) is 19.4. The molecule has 2 N–H and O–H groups in total. The van der Waals surface area contributed by atoms with Gasteiger partial charge >= 0.3 is 0 Å². The molecule has 1 aromatic heterocycles. The van der Waals surface area contributed by atoms with E-state index in [1.165, 1.54) is 0 Å². The van der Waals surface area contributed by atoms with Gasteiger partial charge in [0.2, 0.25) is 5.95 Å². The Morgan fingerprint density at radius 3 is 2.34 bits per heavy atom. The molecular formula is C26H34ClN5O2S. The summed E-state index contributed by atoms with van der Waals surface area (Å²) in [6.45, 7) is 2.45. The van der Waals surface area contributed by atoms with Crippen molar-refractivity contribution in [3.05, 3.63) is 53.6 Å². The zero-order chi connectivity index (χ0) is 25.0. The summed E-state index contributed by atoms with van der Waals surface area (Å²) in [6.07, 6.45) is 4.67. The van der Waals surface area contributed by atoms with Crippen LogP contribution in [0.5, 0.6) is 0 Å². The number of nitrogens with one attached hydrogen (secondary N) is 2. The molecule has 35 heavy (non-hydrogen) atoms. The van der Waals surface area contributed by atoms with Gasteiger partial charge in [0.15, 0.2) is 9.84 Å². The Balaban J connectivity index is 1.26. The maximum absolute atomic E-state index is 12.8. The number of rotatable bonds is 9. The van der Waals surface area contributed by atoms with Gasteiger partial charge in [-0.3, -0.25) is 0 Å². The average Bonchev–Trinajstić information content (AvgIpc) is 2.84. The molecule has 1 aliphatic carbocycles. The van der Waals surface area contributed by atoms with Crippen LogP contribution >= 0.6 is 11.6 Å². The van der Waals surface area contributed by atoms with Crippen molar-refractivity contribution in [3.8, 4) is 0 Å². The van der Waals surface area contributed by atoms with Crippen LogP contribution in [0.1, 0.15) is 39.0 Å². The Kier molecular flexibility index (Phi) is 8.14. The van der Waals surface area contributed by atoms with Crippen molar-refractivity contribution in [1.29, 1.82) is 0 Å². The first-order valence-electron chi connectivity index (χ1n) is 12.2. The first kappa shape index (κ1) is 25.7. The second-order valence-electron chi connectivity index (χ2n) is 9.53. The number of aromatic nitrogens is 2. The molecule has 1 fully saturated rings. The van der Waals surface area contributed by atoms with Gasteiger partial charge in [-0.25, -0.2) is 13.4 Å². The van der Waals surface area contributed by atoms with E-state index in [1.54, 1.807) is 31.2 Å². The van der Waals surface area contributed by atoms with Crippen molar-refractivity contribution in [1.82, 2.24) is 15.3 Å². The third-order valence-electron chi connectivity index (χ3n) is 6.72. The number of anilines is 2. The molecule has 4 rings (SSSR count). The Hall–Kier alpha value is -2.42. The molecule has 1 heterocycles. The van der Waals surface area contributed by atoms with Gasteiger partial charge in [0.25, 0.3) is 0 Å². The fourth-order valence-electron chi connectivity index (χ4n) is 4.59. The van der Waals surface area contributed by atoms with Crippen molar-refractivity contribution >= 4 is 44.1 Å². The van der Waals surface area contributed by atoms with E-state index in [4.69, 9.17) is 21.6 Å². The number of hydrogen-bond donors (Lipinski definition) is 2. The summed E-state index contributed by atoms with van der Waals surface area (Å²) in [5.74, 6) is 1.58. The Morgan fingerprint density at radius 2 is 1.66 bits per heavy atom. The van der Waals surface area contributed by atoms with Crippen LogP contribution in [0.25, 0.3) is 10.9 Å². The molecule has 188 valence electrons. The lowest BCUT2D eigenvalue weighted by molar-refractivity contribution is 0.352. The molecule has 0 amide bonds. The molecule has 2 aromatic carbocycles. The first-order valence-corrected chi connectivity index (χ1v) is 14.1. The highest BCUT2D eigenvalue weighted by atomic mass is 35.5. The summed E-state index contributed by atoms with van der Waals surface area (Å²) in [7, 11) is 0.641. The molecule has 9 heteroatoms. The molecule has 0 saturated heterocycles. The molecule has 3 aromatic rings. The third kappa shape index (κ3) is 6.23. The highest BCUT2D eigenvalue weighted by molar-refractivity contribution is 7.92. The fourth-order valence-corrected chi connectivity index (χ4v) is 6.13. The molecule has 7 nitrogen and oxygen atoms in total. The number of para-hydroxylation sites is 1. The van der Waals surface area contributed by atoms with E-state index in [0.29, 0.717) is 40.9 Å². The Labute approximate surface area is 213 Å². The highest BCUT2D eigenvalue weighted by Crippen LogP contribution is 2.26. The van der Waals surface area contributed by atoms with Crippen LogP contribution in [-0.4, -0.2) is 56.4 Å². The molecular weight excluding hydrogens is 482 g/mol. The smallest absolute Gasteiger partial charge is 0.225 e. The lowest BCUT2D eigenvalue weighted by Crippen LogP contribution is -2.38. The van der Waals surface area contributed by atoms with Gasteiger partial charge in [-0.15, -0.1) is 0 Å². The molecule has 0 aliphatic heterocycles. The van der Waals surface area contributed by atoms with E-state index in [1.807, 2.05) is 43.3 Å². The zero-order valence-electron chi connectivity index (χ0n) is 20.5. The minimum atomic E-state index is -3.35. The van der Waals surface area contributed by atoms with E-state index in [9.17, 15) is 8.42 Å². The molecule has 0 bridgehead atoms. The van der Waals surface area contributed by atoms with Gasteiger partial charge in [0.05, 0.1) is 15.7 Å². The number of nitrogens with zero attached hydrogens (tertiary/aromatic N) is 3. The van der Waals surface area contributed by atoms with Crippen molar-refractivity contribution < 1.29 is 8.42 Å².